The first-order chi connectivity index (χ1) is 10.2. The molecule has 0 saturated heterocycles. The molecule has 108 valence electrons. The van der Waals surface area contributed by atoms with Crippen LogP contribution in [0, 0.1) is 0 Å². The Balaban J connectivity index is 1.81. The number of nitrogens with zero attached hydrogens (tertiary/aromatic N) is 1. The van der Waals surface area contributed by atoms with Crippen molar-refractivity contribution in [3.63, 3.8) is 0 Å². The number of halogens is 2. The molecule has 0 N–H and O–H groups in total. The van der Waals surface area contributed by atoms with Gasteiger partial charge in [-0.1, -0.05) is 39.7 Å². The van der Waals surface area contributed by atoms with Gasteiger partial charge >= 0.3 is 0 Å². The number of alkyl halides is 1. The van der Waals surface area contributed by atoms with Gasteiger partial charge in [-0.25, -0.2) is 4.98 Å². The Kier molecular flexibility index (Phi) is 4.78. The highest BCUT2D eigenvalue weighted by Gasteiger charge is 2.06. The predicted molar refractivity (Wildman–Crippen MR) is 93.2 cm³/mol. The summed E-state index contributed by atoms with van der Waals surface area (Å²) in [5.74, 6) is 0.866. The lowest BCUT2D eigenvalue weighted by Gasteiger charge is -2.02. The van der Waals surface area contributed by atoms with Crippen molar-refractivity contribution in [2.75, 3.05) is 11.9 Å². The average molecular weight is 383 g/mol. The van der Waals surface area contributed by atoms with Crippen molar-refractivity contribution in [2.24, 2.45) is 0 Å². The molecule has 0 atom stereocenters. The molecular formula is C16H13BrClNOS. The lowest BCUT2D eigenvalue weighted by Crippen LogP contribution is -1.97. The summed E-state index contributed by atoms with van der Waals surface area (Å²) < 4.78 is 6.79. The van der Waals surface area contributed by atoms with Crippen molar-refractivity contribution >= 4 is 49.1 Å². The smallest absolute Gasteiger partial charge is 0.121 e. The van der Waals surface area contributed by atoms with E-state index in [0.29, 0.717) is 6.61 Å². The summed E-state index contributed by atoms with van der Waals surface area (Å²) in [6, 6.07) is 14.0. The molecule has 1 aromatic heterocycles. The standard InChI is InChI=1S/C16H13BrClNOS/c17-7-8-20-13-5-6-15-14(10-13)19-16(21-15)9-11-1-3-12(18)4-2-11/h1-6,10H,7-9H2. The van der Waals surface area contributed by atoms with Gasteiger partial charge in [0.1, 0.15) is 5.75 Å². The summed E-state index contributed by atoms with van der Waals surface area (Å²) in [5.41, 5.74) is 2.21. The summed E-state index contributed by atoms with van der Waals surface area (Å²) in [6.07, 6.45) is 0.827. The molecule has 0 aliphatic carbocycles. The number of hydrogen-bond donors (Lipinski definition) is 0. The Bertz CT molecular complexity index is 742. The van der Waals surface area contributed by atoms with E-state index in [2.05, 4.69) is 22.0 Å². The molecule has 0 fully saturated rings. The Morgan fingerprint density at radius 1 is 1.14 bits per heavy atom. The van der Waals surface area contributed by atoms with Crippen LogP contribution in [0.4, 0.5) is 0 Å². The summed E-state index contributed by atoms with van der Waals surface area (Å²) in [6.45, 7) is 0.660. The Morgan fingerprint density at radius 2 is 1.95 bits per heavy atom. The van der Waals surface area contributed by atoms with Crippen LogP contribution >= 0.6 is 38.9 Å². The summed E-state index contributed by atoms with van der Waals surface area (Å²) in [5, 5.41) is 2.69. The number of hydrogen-bond acceptors (Lipinski definition) is 3. The number of rotatable bonds is 5. The molecule has 0 spiro atoms. The van der Waals surface area contributed by atoms with Crippen molar-refractivity contribution in [1.29, 1.82) is 0 Å². The third-order valence-electron chi connectivity index (χ3n) is 3.02. The zero-order valence-electron chi connectivity index (χ0n) is 11.2. The molecular weight excluding hydrogens is 370 g/mol. The molecule has 0 amide bonds. The SMILES string of the molecule is Clc1ccc(Cc2nc3cc(OCCBr)ccc3s2)cc1. The molecule has 0 saturated carbocycles. The Labute approximate surface area is 140 Å². The second-order valence-corrected chi connectivity index (χ2v) is 6.92. The minimum Gasteiger partial charge on any atom is -0.493 e. The van der Waals surface area contributed by atoms with Gasteiger partial charge in [-0.15, -0.1) is 11.3 Å². The Hall–Kier alpha value is -1.10. The molecule has 2 nitrogen and oxygen atoms in total. The largest absolute Gasteiger partial charge is 0.493 e. The molecule has 0 unspecified atom stereocenters. The maximum atomic E-state index is 5.91. The fraction of sp³-hybridized carbons (Fsp3) is 0.188. The van der Waals surface area contributed by atoms with Gasteiger partial charge in [0, 0.05) is 22.8 Å². The van der Waals surface area contributed by atoms with Crippen LogP contribution in [-0.4, -0.2) is 16.9 Å². The van der Waals surface area contributed by atoms with Crippen LogP contribution in [0.3, 0.4) is 0 Å². The summed E-state index contributed by atoms with van der Waals surface area (Å²) in [7, 11) is 0. The first kappa shape index (κ1) is 14.8. The minimum atomic E-state index is 0.660. The summed E-state index contributed by atoms with van der Waals surface area (Å²) >= 11 is 11.0. The highest BCUT2D eigenvalue weighted by Crippen LogP contribution is 2.27. The molecule has 2 aromatic carbocycles. The van der Waals surface area contributed by atoms with E-state index in [1.54, 1.807) is 11.3 Å². The van der Waals surface area contributed by atoms with Gasteiger partial charge in [-0.05, 0) is 29.8 Å². The van der Waals surface area contributed by atoms with Crippen molar-refractivity contribution in [1.82, 2.24) is 4.98 Å². The number of aromatic nitrogens is 1. The molecule has 0 aliphatic rings. The minimum absolute atomic E-state index is 0.660. The van der Waals surface area contributed by atoms with Gasteiger partial charge in [-0.2, -0.15) is 0 Å². The molecule has 21 heavy (non-hydrogen) atoms. The van der Waals surface area contributed by atoms with E-state index in [9.17, 15) is 0 Å². The number of ether oxygens (including phenoxy) is 1. The highest BCUT2D eigenvalue weighted by atomic mass is 79.9. The van der Waals surface area contributed by atoms with Crippen LogP contribution in [0.15, 0.2) is 42.5 Å². The lowest BCUT2D eigenvalue weighted by molar-refractivity contribution is 0.345. The molecule has 5 heteroatoms. The number of fused-ring (bicyclic) bond motifs is 1. The van der Waals surface area contributed by atoms with Gasteiger partial charge in [0.05, 0.1) is 21.8 Å². The third kappa shape index (κ3) is 3.76. The van der Waals surface area contributed by atoms with Crippen LogP contribution in [-0.2, 0) is 6.42 Å². The van der Waals surface area contributed by atoms with Crippen molar-refractivity contribution in [2.45, 2.75) is 6.42 Å². The second-order valence-electron chi connectivity index (χ2n) is 4.58. The zero-order chi connectivity index (χ0) is 14.7. The van der Waals surface area contributed by atoms with E-state index in [1.807, 2.05) is 36.4 Å². The van der Waals surface area contributed by atoms with Crippen LogP contribution < -0.4 is 4.74 Å². The van der Waals surface area contributed by atoms with Gasteiger partial charge in [0.15, 0.2) is 0 Å². The normalized spacial score (nSPS) is 11.0. The van der Waals surface area contributed by atoms with Crippen LogP contribution in [0.5, 0.6) is 5.75 Å². The van der Waals surface area contributed by atoms with Gasteiger partial charge in [0.25, 0.3) is 0 Å². The third-order valence-corrected chi connectivity index (χ3v) is 4.63. The molecule has 0 aliphatic heterocycles. The first-order valence-electron chi connectivity index (χ1n) is 6.57. The quantitative estimate of drug-likeness (QED) is 0.558. The fourth-order valence-corrected chi connectivity index (χ4v) is 3.32. The van der Waals surface area contributed by atoms with Crippen LogP contribution in [0.2, 0.25) is 5.02 Å². The highest BCUT2D eigenvalue weighted by molar-refractivity contribution is 9.09. The maximum Gasteiger partial charge on any atom is 0.121 e. The van der Waals surface area contributed by atoms with Crippen LogP contribution in [0.1, 0.15) is 10.6 Å². The van der Waals surface area contributed by atoms with Crippen molar-refractivity contribution < 1.29 is 4.74 Å². The maximum absolute atomic E-state index is 5.91. The number of benzene rings is 2. The lowest BCUT2D eigenvalue weighted by atomic mass is 10.2. The average Bonchev–Trinajstić information content (AvgIpc) is 2.89. The van der Waals surface area contributed by atoms with Crippen molar-refractivity contribution in [3.8, 4) is 5.75 Å². The topological polar surface area (TPSA) is 22.1 Å². The molecule has 3 rings (SSSR count). The fourth-order valence-electron chi connectivity index (χ4n) is 2.05. The number of thiazole rings is 1. The Morgan fingerprint density at radius 3 is 2.71 bits per heavy atom. The van der Waals surface area contributed by atoms with Crippen LogP contribution in [0.25, 0.3) is 10.2 Å². The summed E-state index contributed by atoms with van der Waals surface area (Å²) in [4.78, 5) is 4.69. The second kappa shape index (κ2) is 6.77. The van der Waals surface area contributed by atoms with E-state index in [1.165, 1.54) is 10.3 Å². The zero-order valence-corrected chi connectivity index (χ0v) is 14.3. The molecule has 0 bridgehead atoms. The van der Waals surface area contributed by atoms with Gasteiger partial charge < -0.3 is 4.74 Å². The van der Waals surface area contributed by atoms with E-state index in [4.69, 9.17) is 21.3 Å². The first-order valence-corrected chi connectivity index (χ1v) is 8.89. The van der Waals surface area contributed by atoms with Crippen molar-refractivity contribution in [3.05, 3.63) is 58.1 Å². The predicted octanol–water partition coefficient (Wildman–Crippen LogP) is 5.31. The molecule has 3 aromatic rings. The van der Waals surface area contributed by atoms with E-state index < -0.39 is 0 Å². The molecule has 0 radical (unpaired) electrons. The monoisotopic (exact) mass is 381 g/mol. The van der Waals surface area contributed by atoms with Gasteiger partial charge in [0.2, 0.25) is 0 Å². The van der Waals surface area contributed by atoms with Gasteiger partial charge in [-0.3, -0.25) is 0 Å². The molecule has 1 heterocycles. The van der Waals surface area contributed by atoms with E-state index >= 15 is 0 Å². The van der Waals surface area contributed by atoms with E-state index in [0.717, 1.165) is 33.0 Å². The van der Waals surface area contributed by atoms with E-state index in [-0.39, 0.29) is 0 Å².